The molecule has 0 bridgehead atoms. The molecule has 0 saturated heterocycles. The Morgan fingerprint density at radius 3 is 1.58 bits per heavy atom. The molecule has 0 aromatic rings. The Morgan fingerprint density at radius 1 is 0.789 bits per heavy atom. The summed E-state index contributed by atoms with van der Waals surface area (Å²) in [5, 5.41) is 3.16. The van der Waals surface area contributed by atoms with Gasteiger partial charge in [0.25, 0.3) is 0 Å². The molecular weight excluding hydrogens is 246 g/mol. The Balaban J connectivity index is 3.34. The van der Waals surface area contributed by atoms with Gasteiger partial charge >= 0.3 is 0 Å². The van der Waals surface area contributed by atoms with Crippen molar-refractivity contribution >= 4 is 0 Å². The van der Waals surface area contributed by atoms with Gasteiger partial charge in [-0.2, -0.15) is 0 Å². The fraction of sp³-hybridized carbons (Fsp3) is 1.00. The predicted molar refractivity (Wildman–Crippen MR) is 75.7 cm³/mol. The van der Waals surface area contributed by atoms with E-state index in [9.17, 15) is 0 Å². The van der Waals surface area contributed by atoms with Gasteiger partial charge in [-0.1, -0.05) is 26.7 Å². The number of rotatable bonds is 14. The zero-order chi connectivity index (χ0) is 14.3. The standard InChI is InChI=1S/C14H31NO4/c1-5-7-9-16-11-18-13(3)15-14(4)19-12-17-10-8-6-2/h13-15H,5-12H2,1-4H3. The Bertz CT molecular complexity index is 163. The largest absolute Gasteiger partial charge is 0.355 e. The van der Waals surface area contributed by atoms with E-state index in [1.165, 1.54) is 0 Å². The summed E-state index contributed by atoms with van der Waals surface area (Å²) in [6, 6.07) is 0. The van der Waals surface area contributed by atoms with Crippen molar-refractivity contribution in [3.05, 3.63) is 0 Å². The molecule has 0 aliphatic rings. The summed E-state index contributed by atoms with van der Waals surface area (Å²) in [4.78, 5) is 0. The summed E-state index contributed by atoms with van der Waals surface area (Å²) in [5.74, 6) is 0. The van der Waals surface area contributed by atoms with Crippen LogP contribution in [0.4, 0.5) is 0 Å². The smallest absolute Gasteiger partial charge is 0.148 e. The van der Waals surface area contributed by atoms with Crippen molar-refractivity contribution in [3.8, 4) is 0 Å². The molecule has 0 amide bonds. The van der Waals surface area contributed by atoms with Crippen LogP contribution in [0.3, 0.4) is 0 Å². The van der Waals surface area contributed by atoms with Crippen LogP contribution in [0.15, 0.2) is 0 Å². The lowest BCUT2D eigenvalue weighted by Crippen LogP contribution is -2.38. The van der Waals surface area contributed by atoms with Crippen molar-refractivity contribution in [2.24, 2.45) is 0 Å². The van der Waals surface area contributed by atoms with E-state index in [1.54, 1.807) is 0 Å². The van der Waals surface area contributed by atoms with Crippen LogP contribution in [0.1, 0.15) is 53.4 Å². The lowest BCUT2D eigenvalue weighted by atomic mass is 10.4. The Morgan fingerprint density at radius 2 is 1.21 bits per heavy atom. The monoisotopic (exact) mass is 277 g/mol. The highest BCUT2D eigenvalue weighted by Crippen LogP contribution is 1.95. The summed E-state index contributed by atoms with van der Waals surface area (Å²) in [5.41, 5.74) is 0. The van der Waals surface area contributed by atoms with Crippen LogP contribution in [-0.4, -0.2) is 39.3 Å². The number of hydrogen-bond donors (Lipinski definition) is 1. The second-order valence-corrected chi connectivity index (χ2v) is 4.54. The number of unbranched alkanes of at least 4 members (excludes halogenated alkanes) is 2. The first kappa shape index (κ1) is 18.8. The van der Waals surface area contributed by atoms with Gasteiger partial charge in [0, 0.05) is 13.2 Å². The molecule has 0 heterocycles. The van der Waals surface area contributed by atoms with E-state index >= 15 is 0 Å². The average Bonchev–Trinajstić information content (AvgIpc) is 2.38. The molecular formula is C14H31NO4. The van der Waals surface area contributed by atoms with Crippen LogP contribution < -0.4 is 5.32 Å². The van der Waals surface area contributed by atoms with Crippen molar-refractivity contribution in [2.75, 3.05) is 26.8 Å². The number of nitrogens with one attached hydrogen (secondary N) is 1. The first-order valence-electron chi connectivity index (χ1n) is 7.35. The molecule has 0 saturated carbocycles. The molecule has 1 N–H and O–H groups in total. The van der Waals surface area contributed by atoms with Gasteiger partial charge in [0.2, 0.25) is 0 Å². The maximum atomic E-state index is 5.45. The minimum absolute atomic E-state index is 0.104. The second kappa shape index (κ2) is 14.2. The fourth-order valence-corrected chi connectivity index (χ4v) is 1.34. The van der Waals surface area contributed by atoms with Gasteiger partial charge in [0.05, 0.1) is 0 Å². The maximum absolute atomic E-state index is 5.45. The topological polar surface area (TPSA) is 49.0 Å². The van der Waals surface area contributed by atoms with Crippen LogP contribution in [-0.2, 0) is 18.9 Å². The van der Waals surface area contributed by atoms with Crippen molar-refractivity contribution in [1.29, 1.82) is 0 Å². The third kappa shape index (κ3) is 14.0. The highest BCUT2D eigenvalue weighted by Gasteiger charge is 2.07. The van der Waals surface area contributed by atoms with Crippen molar-refractivity contribution in [2.45, 2.75) is 65.8 Å². The van der Waals surface area contributed by atoms with Gasteiger partial charge in [0.15, 0.2) is 0 Å². The molecule has 2 atom stereocenters. The summed E-state index contributed by atoms with van der Waals surface area (Å²) in [6.45, 7) is 10.3. The quantitative estimate of drug-likeness (QED) is 0.391. The van der Waals surface area contributed by atoms with Crippen LogP contribution in [0.5, 0.6) is 0 Å². The van der Waals surface area contributed by atoms with E-state index in [-0.39, 0.29) is 12.5 Å². The molecule has 0 rings (SSSR count). The van der Waals surface area contributed by atoms with E-state index in [0.717, 1.165) is 38.9 Å². The highest BCUT2D eigenvalue weighted by atomic mass is 16.7. The molecule has 0 aliphatic carbocycles. The van der Waals surface area contributed by atoms with E-state index in [0.29, 0.717) is 13.6 Å². The van der Waals surface area contributed by atoms with Crippen LogP contribution in [0.25, 0.3) is 0 Å². The van der Waals surface area contributed by atoms with Gasteiger partial charge in [0.1, 0.15) is 26.0 Å². The minimum atomic E-state index is -0.104. The van der Waals surface area contributed by atoms with Gasteiger partial charge in [-0.25, -0.2) is 0 Å². The van der Waals surface area contributed by atoms with Crippen molar-refractivity contribution < 1.29 is 18.9 Å². The van der Waals surface area contributed by atoms with E-state index in [4.69, 9.17) is 18.9 Å². The number of hydrogen-bond acceptors (Lipinski definition) is 5. The van der Waals surface area contributed by atoms with Crippen molar-refractivity contribution in [1.82, 2.24) is 5.32 Å². The lowest BCUT2D eigenvalue weighted by Gasteiger charge is -2.20. The summed E-state index contributed by atoms with van der Waals surface area (Å²) in [6.07, 6.45) is 4.20. The zero-order valence-corrected chi connectivity index (χ0v) is 12.9. The fourth-order valence-electron chi connectivity index (χ4n) is 1.34. The van der Waals surface area contributed by atoms with Gasteiger partial charge in [-0.15, -0.1) is 0 Å². The molecule has 5 nitrogen and oxygen atoms in total. The SMILES string of the molecule is CCCCOCOC(C)NC(C)OCOCCCC. The highest BCUT2D eigenvalue weighted by molar-refractivity contribution is 4.49. The summed E-state index contributed by atoms with van der Waals surface area (Å²) in [7, 11) is 0. The second-order valence-electron chi connectivity index (χ2n) is 4.54. The molecule has 0 radical (unpaired) electrons. The Kier molecular flexibility index (Phi) is 14.1. The van der Waals surface area contributed by atoms with Crippen molar-refractivity contribution in [3.63, 3.8) is 0 Å². The van der Waals surface area contributed by atoms with Crippen LogP contribution in [0.2, 0.25) is 0 Å². The zero-order valence-electron chi connectivity index (χ0n) is 12.9. The summed E-state index contributed by atoms with van der Waals surface area (Å²) < 4.78 is 21.5. The van der Waals surface area contributed by atoms with E-state index in [1.807, 2.05) is 13.8 Å². The van der Waals surface area contributed by atoms with Gasteiger partial charge < -0.3 is 18.9 Å². The molecule has 0 fully saturated rings. The van der Waals surface area contributed by atoms with E-state index < -0.39 is 0 Å². The molecule has 5 heteroatoms. The number of ether oxygens (including phenoxy) is 4. The van der Waals surface area contributed by atoms with Crippen LogP contribution >= 0.6 is 0 Å². The third-order valence-corrected chi connectivity index (χ3v) is 2.56. The van der Waals surface area contributed by atoms with Gasteiger partial charge in [-0.3, -0.25) is 5.32 Å². The Labute approximate surface area is 117 Å². The molecule has 0 aromatic heterocycles. The lowest BCUT2D eigenvalue weighted by molar-refractivity contribution is -0.135. The predicted octanol–water partition coefficient (Wildman–Crippen LogP) is 2.85. The molecule has 0 spiro atoms. The van der Waals surface area contributed by atoms with Crippen LogP contribution in [0, 0.1) is 0 Å². The Hall–Kier alpha value is -0.200. The molecule has 0 aromatic carbocycles. The minimum Gasteiger partial charge on any atom is -0.355 e. The third-order valence-electron chi connectivity index (χ3n) is 2.56. The molecule has 19 heavy (non-hydrogen) atoms. The molecule has 116 valence electrons. The first-order valence-corrected chi connectivity index (χ1v) is 7.35. The molecule has 2 unspecified atom stereocenters. The summed E-state index contributed by atoms with van der Waals surface area (Å²) >= 11 is 0. The normalized spacial score (nSPS) is 14.5. The van der Waals surface area contributed by atoms with Gasteiger partial charge in [-0.05, 0) is 26.7 Å². The average molecular weight is 277 g/mol. The van der Waals surface area contributed by atoms with E-state index in [2.05, 4.69) is 19.2 Å². The maximum Gasteiger partial charge on any atom is 0.148 e. The molecule has 0 aliphatic heterocycles. The first-order chi connectivity index (χ1) is 9.20.